The molecule has 2 aliphatic rings. The van der Waals surface area contributed by atoms with Crippen LogP contribution in [0.5, 0.6) is 11.5 Å². The van der Waals surface area contributed by atoms with Gasteiger partial charge in [-0.1, -0.05) is 6.07 Å². The highest BCUT2D eigenvalue weighted by atomic mass is 16.5. The number of aromatic hydroxyl groups is 1. The van der Waals surface area contributed by atoms with Crippen LogP contribution in [0.2, 0.25) is 0 Å². The van der Waals surface area contributed by atoms with Crippen molar-refractivity contribution in [1.82, 2.24) is 10.2 Å². The number of phenols is 1. The first-order valence-corrected chi connectivity index (χ1v) is 7.61. The van der Waals surface area contributed by atoms with Crippen molar-refractivity contribution >= 4 is 5.91 Å². The number of hydrogen-bond acceptors (Lipinski definition) is 4. The lowest BCUT2D eigenvalue weighted by atomic mass is 10.1. The number of carbonyl (C=O) groups excluding carboxylic acids is 1. The molecule has 1 aromatic carbocycles. The van der Waals surface area contributed by atoms with Crippen LogP contribution in [0.15, 0.2) is 18.2 Å². The van der Waals surface area contributed by atoms with Gasteiger partial charge in [0.25, 0.3) is 5.91 Å². The summed E-state index contributed by atoms with van der Waals surface area (Å²) < 4.78 is 5.09. The van der Waals surface area contributed by atoms with E-state index < -0.39 is 0 Å². The Morgan fingerprint density at radius 3 is 2.86 bits per heavy atom. The number of nitrogens with zero attached hydrogens (tertiary/aromatic N) is 1. The fourth-order valence-electron chi connectivity index (χ4n) is 2.95. The molecule has 1 aromatic rings. The molecule has 0 spiro atoms. The number of rotatable bonds is 5. The lowest BCUT2D eigenvalue weighted by molar-refractivity contribution is 0.0725. The largest absolute Gasteiger partial charge is 0.504 e. The molecule has 1 unspecified atom stereocenters. The smallest absolute Gasteiger partial charge is 0.258 e. The Morgan fingerprint density at radius 2 is 2.24 bits per heavy atom. The van der Waals surface area contributed by atoms with E-state index in [1.54, 1.807) is 18.2 Å². The quantitative estimate of drug-likeness (QED) is 0.867. The zero-order valence-electron chi connectivity index (χ0n) is 12.3. The fraction of sp³-hybridized carbons (Fsp3) is 0.562. The Labute approximate surface area is 124 Å². The molecule has 1 amide bonds. The molecule has 1 saturated carbocycles. The molecule has 0 aromatic heterocycles. The van der Waals surface area contributed by atoms with E-state index in [0.29, 0.717) is 23.4 Å². The van der Waals surface area contributed by atoms with E-state index in [9.17, 15) is 9.90 Å². The monoisotopic (exact) mass is 290 g/mol. The van der Waals surface area contributed by atoms with Crippen molar-refractivity contribution in [2.24, 2.45) is 0 Å². The molecule has 1 aliphatic heterocycles. The van der Waals surface area contributed by atoms with Gasteiger partial charge in [-0.15, -0.1) is 0 Å². The number of nitrogens with one attached hydrogen (secondary N) is 1. The fourth-order valence-corrected chi connectivity index (χ4v) is 2.95. The molecule has 2 N–H and O–H groups in total. The number of phenolic OH excluding ortho intramolecular Hbond substituents is 1. The minimum Gasteiger partial charge on any atom is -0.504 e. The molecular formula is C16H22N2O3. The zero-order valence-corrected chi connectivity index (χ0v) is 12.3. The van der Waals surface area contributed by atoms with Crippen LogP contribution in [0.4, 0.5) is 0 Å². The van der Waals surface area contributed by atoms with Gasteiger partial charge >= 0.3 is 0 Å². The van der Waals surface area contributed by atoms with Crippen molar-refractivity contribution in [1.29, 1.82) is 0 Å². The van der Waals surface area contributed by atoms with Crippen LogP contribution < -0.4 is 10.1 Å². The SMILES string of the molecule is COc1cccc(C(=O)N(CC2CCCN2)C2CC2)c1O. The highest BCUT2D eigenvalue weighted by Gasteiger charge is 2.36. The second-order valence-electron chi connectivity index (χ2n) is 5.84. The van der Waals surface area contributed by atoms with Crippen molar-refractivity contribution in [2.75, 3.05) is 20.2 Å². The van der Waals surface area contributed by atoms with Crippen molar-refractivity contribution in [3.8, 4) is 11.5 Å². The highest BCUT2D eigenvalue weighted by Crippen LogP contribution is 2.34. The molecule has 0 bridgehead atoms. The van der Waals surface area contributed by atoms with E-state index in [0.717, 1.165) is 32.4 Å². The topological polar surface area (TPSA) is 61.8 Å². The highest BCUT2D eigenvalue weighted by molar-refractivity contribution is 5.98. The van der Waals surface area contributed by atoms with E-state index >= 15 is 0 Å². The summed E-state index contributed by atoms with van der Waals surface area (Å²) in [6, 6.07) is 5.77. The third kappa shape index (κ3) is 2.97. The Kier molecular flexibility index (Phi) is 4.01. The van der Waals surface area contributed by atoms with Crippen LogP contribution in [0, 0.1) is 0 Å². The van der Waals surface area contributed by atoms with Gasteiger partial charge in [-0.3, -0.25) is 4.79 Å². The summed E-state index contributed by atoms with van der Waals surface area (Å²) in [5.74, 6) is 0.188. The predicted molar refractivity (Wildman–Crippen MR) is 79.7 cm³/mol. The zero-order chi connectivity index (χ0) is 14.8. The first-order chi connectivity index (χ1) is 10.2. The number of benzene rings is 1. The number of amides is 1. The molecule has 5 nitrogen and oxygen atoms in total. The van der Waals surface area contributed by atoms with Gasteiger partial charge in [-0.2, -0.15) is 0 Å². The average Bonchev–Trinajstić information content (AvgIpc) is 3.21. The van der Waals surface area contributed by atoms with Gasteiger partial charge in [0, 0.05) is 18.6 Å². The first-order valence-electron chi connectivity index (χ1n) is 7.61. The molecule has 1 aliphatic carbocycles. The van der Waals surface area contributed by atoms with Crippen molar-refractivity contribution in [2.45, 2.75) is 37.8 Å². The third-order valence-corrected chi connectivity index (χ3v) is 4.28. The van der Waals surface area contributed by atoms with Gasteiger partial charge in [-0.05, 0) is 44.4 Å². The van der Waals surface area contributed by atoms with Crippen LogP contribution in [0.1, 0.15) is 36.0 Å². The molecule has 1 atom stereocenters. The molecule has 114 valence electrons. The summed E-state index contributed by atoms with van der Waals surface area (Å²) in [6.07, 6.45) is 4.40. The maximum Gasteiger partial charge on any atom is 0.258 e. The molecule has 21 heavy (non-hydrogen) atoms. The molecular weight excluding hydrogens is 268 g/mol. The van der Waals surface area contributed by atoms with Gasteiger partial charge in [0.1, 0.15) is 0 Å². The molecule has 3 rings (SSSR count). The normalized spacial score (nSPS) is 21.3. The number of para-hydroxylation sites is 1. The van der Waals surface area contributed by atoms with E-state index in [4.69, 9.17) is 4.74 Å². The maximum absolute atomic E-state index is 12.8. The Hall–Kier alpha value is -1.75. The molecule has 5 heteroatoms. The lowest BCUT2D eigenvalue weighted by Crippen LogP contribution is -2.42. The van der Waals surface area contributed by atoms with Crippen LogP contribution in [-0.2, 0) is 0 Å². The second-order valence-corrected chi connectivity index (χ2v) is 5.84. The summed E-state index contributed by atoms with van der Waals surface area (Å²) in [6.45, 7) is 1.75. The summed E-state index contributed by atoms with van der Waals surface area (Å²) >= 11 is 0. The van der Waals surface area contributed by atoms with Gasteiger partial charge in [0.15, 0.2) is 11.5 Å². The molecule has 0 radical (unpaired) electrons. The Bertz CT molecular complexity index is 522. The van der Waals surface area contributed by atoms with Crippen molar-refractivity contribution in [3.63, 3.8) is 0 Å². The summed E-state index contributed by atoms with van der Waals surface area (Å²) in [5, 5.41) is 13.6. The van der Waals surface area contributed by atoms with E-state index in [1.165, 1.54) is 13.5 Å². The van der Waals surface area contributed by atoms with Gasteiger partial charge < -0.3 is 20.1 Å². The predicted octanol–water partition coefficient (Wildman–Crippen LogP) is 1.76. The number of methoxy groups -OCH3 is 1. The molecule has 1 heterocycles. The average molecular weight is 290 g/mol. The van der Waals surface area contributed by atoms with Gasteiger partial charge in [0.2, 0.25) is 0 Å². The van der Waals surface area contributed by atoms with Crippen LogP contribution in [0.25, 0.3) is 0 Å². The maximum atomic E-state index is 12.8. The minimum atomic E-state index is -0.0948. The van der Waals surface area contributed by atoms with Crippen molar-refractivity contribution < 1.29 is 14.6 Å². The van der Waals surface area contributed by atoms with Crippen LogP contribution >= 0.6 is 0 Å². The second kappa shape index (κ2) is 5.93. The van der Waals surface area contributed by atoms with Gasteiger partial charge in [0.05, 0.1) is 12.7 Å². The summed E-state index contributed by atoms with van der Waals surface area (Å²) in [7, 11) is 1.49. The summed E-state index contributed by atoms with van der Waals surface area (Å²) in [5.41, 5.74) is 0.333. The van der Waals surface area contributed by atoms with E-state index in [-0.39, 0.29) is 11.7 Å². The number of hydrogen-bond donors (Lipinski definition) is 2. The molecule has 2 fully saturated rings. The number of carbonyl (C=O) groups is 1. The third-order valence-electron chi connectivity index (χ3n) is 4.28. The Balaban J connectivity index is 1.80. The first kappa shape index (κ1) is 14.2. The summed E-state index contributed by atoms with van der Waals surface area (Å²) in [4.78, 5) is 14.7. The Morgan fingerprint density at radius 1 is 1.43 bits per heavy atom. The number of ether oxygens (including phenoxy) is 1. The van der Waals surface area contributed by atoms with Crippen LogP contribution in [-0.4, -0.2) is 48.2 Å². The molecule has 1 saturated heterocycles. The van der Waals surface area contributed by atoms with Gasteiger partial charge in [-0.25, -0.2) is 0 Å². The van der Waals surface area contributed by atoms with E-state index in [1.807, 2.05) is 4.90 Å². The van der Waals surface area contributed by atoms with Crippen molar-refractivity contribution in [3.05, 3.63) is 23.8 Å². The van der Waals surface area contributed by atoms with E-state index in [2.05, 4.69) is 5.32 Å². The lowest BCUT2D eigenvalue weighted by Gasteiger charge is -2.26. The standard InChI is InChI=1S/C16H22N2O3/c1-21-14-6-2-5-13(15(14)19)16(20)18(12-7-8-12)10-11-4-3-9-17-11/h2,5-6,11-12,17,19H,3-4,7-10H2,1H3. The minimum absolute atomic E-state index is 0.0602. The van der Waals surface area contributed by atoms with Crippen LogP contribution in [0.3, 0.4) is 0 Å².